The van der Waals surface area contributed by atoms with E-state index in [2.05, 4.69) is 20.3 Å². The van der Waals surface area contributed by atoms with Crippen molar-refractivity contribution in [2.75, 3.05) is 12.4 Å². The lowest BCUT2D eigenvalue weighted by atomic mass is 10.2. The van der Waals surface area contributed by atoms with E-state index in [1.165, 1.54) is 0 Å². The second-order valence-corrected chi connectivity index (χ2v) is 6.09. The zero-order chi connectivity index (χ0) is 13.8. The number of hydrogen-bond donors (Lipinski definition) is 1. The summed E-state index contributed by atoms with van der Waals surface area (Å²) in [6.07, 6.45) is 1.80. The molecule has 0 radical (unpaired) electrons. The van der Waals surface area contributed by atoms with Crippen molar-refractivity contribution in [2.24, 2.45) is 0 Å². The summed E-state index contributed by atoms with van der Waals surface area (Å²) < 4.78 is 0.977. The summed E-state index contributed by atoms with van der Waals surface area (Å²) in [4.78, 5) is 13.4. The maximum atomic E-state index is 4.61. The van der Waals surface area contributed by atoms with Gasteiger partial charge in [-0.15, -0.1) is 11.3 Å². The zero-order valence-corrected chi connectivity index (χ0v) is 12.4. The Hall–Kier alpha value is -1.92. The molecule has 1 N–H and O–H groups in total. The van der Waals surface area contributed by atoms with E-state index in [1.54, 1.807) is 29.3 Å². The largest absolute Gasteiger partial charge is 0.373 e. The van der Waals surface area contributed by atoms with Crippen molar-refractivity contribution in [3.63, 3.8) is 0 Å². The van der Waals surface area contributed by atoms with E-state index in [9.17, 15) is 0 Å². The van der Waals surface area contributed by atoms with Gasteiger partial charge in [-0.2, -0.15) is 0 Å². The highest BCUT2D eigenvalue weighted by Gasteiger charge is 2.08. The van der Waals surface area contributed by atoms with Crippen LogP contribution < -0.4 is 5.32 Å². The van der Waals surface area contributed by atoms with Crippen molar-refractivity contribution < 1.29 is 0 Å². The number of benzene rings is 1. The second kappa shape index (κ2) is 6.02. The fraction of sp³-hybridized carbons (Fsp3) is 0.0714. The van der Waals surface area contributed by atoms with Gasteiger partial charge in [0.1, 0.15) is 10.8 Å². The Kier molecular flexibility index (Phi) is 3.94. The molecule has 6 heteroatoms. The Labute approximate surface area is 125 Å². The first-order valence-electron chi connectivity index (χ1n) is 6.05. The van der Waals surface area contributed by atoms with E-state index < -0.39 is 0 Å². The zero-order valence-electron chi connectivity index (χ0n) is 10.8. The molecule has 0 aliphatic rings. The molecule has 2 aromatic heterocycles. The highest BCUT2D eigenvalue weighted by molar-refractivity contribution is 8.01. The average Bonchev–Trinajstić information content (AvgIpc) is 3.00. The van der Waals surface area contributed by atoms with Crippen LogP contribution in [-0.2, 0) is 0 Å². The monoisotopic (exact) mass is 300 g/mol. The smallest absolute Gasteiger partial charge is 0.162 e. The molecule has 0 spiro atoms. The van der Waals surface area contributed by atoms with Gasteiger partial charge in [-0.05, 0) is 11.8 Å². The number of aromatic nitrogens is 3. The van der Waals surface area contributed by atoms with Crippen LogP contribution in [0, 0.1) is 0 Å². The van der Waals surface area contributed by atoms with Gasteiger partial charge in [0.05, 0.1) is 0 Å². The number of anilines is 1. The fourth-order valence-corrected chi connectivity index (χ4v) is 3.24. The summed E-state index contributed by atoms with van der Waals surface area (Å²) in [5.41, 5.74) is 1.01. The maximum absolute atomic E-state index is 4.61. The van der Waals surface area contributed by atoms with E-state index >= 15 is 0 Å². The van der Waals surface area contributed by atoms with Crippen molar-refractivity contribution in [3.8, 4) is 11.4 Å². The summed E-state index contributed by atoms with van der Waals surface area (Å²) >= 11 is 3.15. The molecule has 0 aliphatic heterocycles. The third kappa shape index (κ3) is 2.97. The molecule has 3 aromatic rings. The molecule has 0 saturated heterocycles. The lowest BCUT2D eigenvalue weighted by Gasteiger charge is -2.06. The number of nitrogens with one attached hydrogen (secondary N) is 1. The lowest BCUT2D eigenvalue weighted by Crippen LogP contribution is -1.98. The van der Waals surface area contributed by atoms with Gasteiger partial charge in [0.2, 0.25) is 0 Å². The van der Waals surface area contributed by atoms with Gasteiger partial charge in [-0.3, -0.25) is 0 Å². The minimum atomic E-state index is 0.719. The van der Waals surface area contributed by atoms with Gasteiger partial charge < -0.3 is 5.32 Å². The van der Waals surface area contributed by atoms with Gasteiger partial charge >= 0.3 is 0 Å². The molecule has 0 saturated carbocycles. The normalized spacial score (nSPS) is 10.4. The van der Waals surface area contributed by atoms with Crippen LogP contribution in [-0.4, -0.2) is 22.0 Å². The first-order chi connectivity index (χ1) is 9.85. The molecule has 20 heavy (non-hydrogen) atoms. The molecule has 0 bridgehead atoms. The van der Waals surface area contributed by atoms with Crippen LogP contribution in [0.25, 0.3) is 11.4 Å². The lowest BCUT2D eigenvalue weighted by molar-refractivity contribution is 1.05. The fourth-order valence-electron chi connectivity index (χ4n) is 1.67. The Morgan fingerprint density at radius 2 is 2.00 bits per heavy atom. The Bertz CT molecular complexity index is 684. The molecular formula is C14H12N4S2. The first kappa shape index (κ1) is 13.1. The molecule has 4 nitrogen and oxygen atoms in total. The van der Waals surface area contributed by atoms with Gasteiger partial charge in [-0.1, -0.05) is 30.3 Å². The van der Waals surface area contributed by atoms with Crippen LogP contribution >= 0.6 is 23.1 Å². The first-order valence-corrected chi connectivity index (χ1v) is 7.74. The van der Waals surface area contributed by atoms with Crippen LogP contribution in [0.15, 0.2) is 57.3 Å². The van der Waals surface area contributed by atoms with Crippen molar-refractivity contribution in [1.82, 2.24) is 15.0 Å². The molecule has 3 rings (SSSR count). The SMILES string of the molecule is CNc1cc(Sc2nccs2)nc(-c2ccccc2)n1. The third-order valence-electron chi connectivity index (χ3n) is 2.59. The van der Waals surface area contributed by atoms with Crippen LogP contribution in [0.2, 0.25) is 0 Å². The molecule has 100 valence electrons. The maximum Gasteiger partial charge on any atom is 0.162 e. The highest BCUT2D eigenvalue weighted by Crippen LogP contribution is 2.30. The molecule has 0 atom stereocenters. The van der Waals surface area contributed by atoms with Crippen LogP contribution in [0.5, 0.6) is 0 Å². The summed E-state index contributed by atoms with van der Waals surface area (Å²) in [6, 6.07) is 11.9. The summed E-state index contributed by atoms with van der Waals surface area (Å²) in [6.45, 7) is 0. The molecule has 1 aromatic carbocycles. The molecule has 0 fully saturated rings. The predicted molar refractivity (Wildman–Crippen MR) is 83.3 cm³/mol. The van der Waals surface area contributed by atoms with Gasteiger partial charge in [0.15, 0.2) is 10.2 Å². The van der Waals surface area contributed by atoms with Crippen LogP contribution in [0.1, 0.15) is 0 Å². The quantitative estimate of drug-likeness (QED) is 0.743. The van der Waals surface area contributed by atoms with Crippen LogP contribution in [0.3, 0.4) is 0 Å². The predicted octanol–water partition coefficient (Wildman–Crippen LogP) is 3.79. The minimum absolute atomic E-state index is 0.719. The molecule has 2 heterocycles. The molecule has 0 unspecified atom stereocenters. The van der Waals surface area contributed by atoms with Gasteiger partial charge in [0.25, 0.3) is 0 Å². The Morgan fingerprint density at radius 1 is 1.15 bits per heavy atom. The Balaban J connectivity index is 1.99. The Morgan fingerprint density at radius 3 is 2.70 bits per heavy atom. The molecule has 0 aliphatic carbocycles. The van der Waals surface area contributed by atoms with Crippen molar-refractivity contribution in [1.29, 1.82) is 0 Å². The van der Waals surface area contributed by atoms with Crippen LogP contribution in [0.4, 0.5) is 5.82 Å². The van der Waals surface area contributed by atoms with E-state index in [-0.39, 0.29) is 0 Å². The second-order valence-electron chi connectivity index (χ2n) is 3.93. The summed E-state index contributed by atoms with van der Waals surface area (Å²) in [5, 5.41) is 5.92. The number of hydrogen-bond acceptors (Lipinski definition) is 6. The third-order valence-corrected chi connectivity index (χ3v) is 4.39. The number of rotatable bonds is 4. The van der Waals surface area contributed by atoms with E-state index in [0.29, 0.717) is 0 Å². The standard InChI is InChI=1S/C14H12N4S2/c1-15-11-9-12(20-14-16-7-8-19-14)18-13(17-11)10-5-3-2-4-6-10/h2-9H,1H3,(H,15,17,18). The van der Waals surface area contributed by atoms with E-state index in [1.807, 2.05) is 48.8 Å². The average molecular weight is 300 g/mol. The molecule has 0 amide bonds. The van der Waals surface area contributed by atoms with Crippen molar-refractivity contribution in [3.05, 3.63) is 48.0 Å². The summed E-state index contributed by atoms with van der Waals surface area (Å²) in [5.74, 6) is 1.52. The van der Waals surface area contributed by atoms with E-state index in [4.69, 9.17) is 0 Å². The number of thiazole rings is 1. The summed E-state index contributed by atoms with van der Waals surface area (Å²) in [7, 11) is 1.86. The van der Waals surface area contributed by atoms with Gasteiger partial charge in [0, 0.05) is 30.3 Å². The number of nitrogens with zero attached hydrogens (tertiary/aromatic N) is 3. The van der Waals surface area contributed by atoms with Crippen molar-refractivity contribution in [2.45, 2.75) is 9.37 Å². The minimum Gasteiger partial charge on any atom is -0.373 e. The topological polar surface area (TPSA) is 50.7 Å². The highest BCUT2D eigenvalue weighted by atomic mass is 32.2. The molecular weight excluding hydrogens is 288 g/mol. The van der Waals surface area contributed by atoms with E-state index in [0.717, 1.165) is 26.6 Å². The van der Waals surface area contributed by atoms with Gasteiger partial charge in [-0.25, -0.2) is 15.0 Å². The van der Waals surface area contributed by atoms with Crippen molar-refractivity contribution >= 4 is 28.9 Å².